The number of ether oxygens (including phenoxy) is 1. The number of amides is 2. The van der Waals surface area contributed by atoms with E-state index in [4.69, 9.17) is 4.74 Å². The molecule has 0 bridgehead atoms. The summed E-state index contributed by atoms with van der Waals surface area (Å²) in [6.07, 6.45) is 2.43. The van der Waals surface area contributed by atoms with Crippen molar-refractivity contribution in [1.82, 2.24) is 25.0 Å². The van der Waals surface area contributed by atoms with Crippen LogP contribution in [0.5, 0.6) is 5.75 Å². The molecule has 1 N–H and O–H groups in total. The molecule has 0 saturated carbocycles. The van der Waals surface area contributed by atoms with Gasteiger partial charge in [0.25, 0.3) is 0 Å². The Morgan fingerprint density at radius 2 is 1.72 bits per heavy atom. The fourth-order valence-corrected chi connectivity index (χ4v) is 3.39. The van der Waals surface area contributed by atoms with Gasteiger partial charge >= 0.3 is 6.03 Å². The highest BCUT2D eigenvalue weighted by molar-refractivity contribution is 5.74. The van der Waals surface area contributed by atoms with Crippen molar-refractivity contribution in [3.05, 3.63) is 77.4 Å². The van der Waals surface area contributed by atoms with Crippen LogP contribution < -0.4 is 10.1 Å². The van der Waals surface area contributed by atoms with Crippen LogP contribution in [0.3, 0.4) is 0 Å². The van der Waals surface area contributed by atoms with Gasteiger partial charge in [-0.15, -0.1) is 10.2 Å². The van der Waals surface area contributed by atoms with Crippen molar-refractivity contribution >= 4 is 6.03 Å². The zero-order valence-electron chi connectivity index (χ0n) is 19.6. The number of carbonyl (C=O) groups is 1. The number of aromatic nitrogens is 3. The lowest BCUT2D eigenvalue weighted by atomic mass is 10.1. The first-order valence-corrected chi connectivity index (χ1v) is 11.0. The summed E-state index contributed by atoms with van der Waals surface area (Å²) in [6, 6.07) is 16.5. The first kappa shape index (κ1) is 23.3. The zero-order chi connectivity index (χ0) is 23.1. The van der Waals surface area contributed by atoms with Gasteiger partial charge in [0.05, 0.1) is 6.54 Å². The minimum absolute atomic E-state index is 0.00718. The highest BCUT2D eigenvalue weighted by Gasteiger charge is 2.16. The third-order valence-corrected chi connectivity index (χ3v) is 5.29. The van der Waals surface area contributed by atoms with E-state index in [9.17, 15) is 4.79 Å². The zero-order valence-corrected chi connectivity index (χ0v) is 19.6. The monoisotopic (exact) mass is 435 g/mol. The van der Waals surface area contributed by atoms with Crippen molar-refractivity contribution in [1.29, 1.82) is 0 Å². The molecule has 1 atom stereocenters. The summed E-state index contributed by atoms with van der Waals surface area (Å²) in [7, 11) is 1.77. The molecule has 170 valence electrons. The first-order chi connectivity index (χ1) is 15.3. The predicted octanol–water partition coefficient (Wildman–Crippen LogP) is 4.52. The Labute approximate surface area is 190 Å². The molecular weight excluding hydrogens is 402 g/mol. The lowest BCUT2D eigenvalue weighted by molar-refractivity contribution is 0.201. The number of carbonyl (C=O) groups excluding carboxylic acids is 1. The maximum absolute atomic E-state index is 12.6. The van der Waals surface area contributed by atoms with E-state index in [1.807, 2.05) is 35.8 Å². The number of hydrogen-bond acceptors (Lipinski definition) is 4. The van der Waals surface area contributed by atoms with Gasteiger partial charge in [0.15, 0.2) is 5.82 Å². The third kappa shape index (κ3) is 6.57. The Hall–Kier alpha value is -3.35. The smallest absolute Gasteiger partial charge is 0.317 e. The molecule has 32 heavy (non-hydrogen) atoms. The molecule has 1 unspecified atom stereocenters. The van der Waals surface area contributed by atoms with Gasteiger partial charge < -0.3 is 19.5 Å². The summed E-state index contributed by atoms with van der Waals surface area (Å²) in [5, 5.41) is 11.1. The van der Waals surface area contributed by atoms with Gasteiger partial charge in [-0.3, -0.25) is 0 Å². The summed E-state index contributed by atoms with van der Waals surface area (Å²) in [6.45, 7) is 9.16. The number of benzene rings is 2. The average Bonchev–Trinajstić information content (AvgIpc) is 3.22. The molecule has 0 aliphatic carbocycles. The highest BCUT2D eigenvalue weighted by Crippen LogP contribution is 2.16. The molecule has 3 aromatic rings. The predicted molar refractivity (Wildman–Crippen MR) is 126 cm³/mol. The second-order valence-corrected chi connectivity index (χ2v) is 8.58. The minimum Gasteiger partial charge on any atom is -0.489 e. The van der Waals surface area contributed by atoms with Crippen molar-refractivity contribution in [2.24, 2.45) is 0 Å². The number of nitrogens with one attached hydrogen (secondary N) is 1. The SMILES string of the molecule is Cc1ccc(COc2ccc(CC(C)NC(=O)N(C)Cc3nncn3C(C)C)cc2)cc1. The van der Waals surface area contributed by atoms with Crippen LogP contribution in [0.25, 0.3) is 0 Å². The molecule has 0 fully saturated rings. The molecule has 7 nitrogen and oxygen atoms in total. The Morgan fingerprint density at radius 1 is 1.06 bits per heavy atom. The van der Waals surface area contributed by atoms with E-state index in [-0.39, 0.29) is 18.1 Å². The number of urea groups is 1. The standard InChI is InChI=1S/C25H33N5O2/c1-18(2)30-17-26-28-24(30)15-29(5)25(31)27-20(4)14-21-10-12-23(13-11-21)32-16-22-8-6-19(3)7-9-22/h6-13,17-18,20H,14-16H2,1-5H3,(H,27,31). The lowest BCUT2D eigenvalue weighted by Gasteiger charge is -2.22. The van der Waals surface area contributed by atoms with Crippen molar-refractivity contribution in [2.45, 2.75) is 59.4 Å². The molecule has 3 rings (SSSR count). The molecule has 1 aromatic heterocycles. The quantitative estimate of drug-likeness (QED) is 0.536. The summed E-state index contributed by atoms with van der Waals surface area (Å²) >= 11 is 0. The molecule has 0 saturated heterocycles. The van der Waals surface area contributed by atoms with Crippen molar-refractivity contribution in [3.63, 3.8) is 0 Å². The fourth-order valence-electron chi connectivity index (χ4n) is 3.39. The summed E-state index contributed by atoms with van der Waals surface area (Å²) in [5.74, 6) is 1.60. The van der Waals surface area contributed by atoms with Crippen molar-refractivity contribution < 1.29 is 9.53 Å². The summed E-state index contributed by atoms with van der Waals surface area (Å²) in [4.78, 5) is 14.2. The Kier molecular flexibility index (Phi) is 7.87. The second-order valence-electron chi connectivity index (χ2n) is 8.58. The number of aryl methyl sites for hydroxylation is 1. The van der Waals surface area contributed by atoms with Crippen LogP contribution >= 0.6 is 0 Å². The van der Waals surface area contributed by atoms with Crippen LogP contribution in [-0.4, -0.2) is 38.8 Å². The van der Waals surface area contributed by atoms with Gasteiger partial charge in [-0.1, -0.05) is 42.0 Å². The molecule has 2 amide bonds. The van der Waals surface area contributed by atoms with Crippen LogP contribution in [0.15, 0.2) is 54.9 Å². The highest BCUT2D eigenvalue weighted by atomic mass is 16.5. The summed E-state index contributed by atoms with van der Waals surface area (Å²) < 4.78 is 7.84. The molecule has 1 heterocycles. The Bertz CT molecular complexity index is 996. The molecule has 0 aliphatic heterocycles. The molecule has 0 radical (unpaired) electrons. The average molecular weight is 436 g/mol. The van der Waals surface area contributed by atoms with Gasteiger partial charge in [0, 0.05) is 19.1 Å². The fraction of sp³-hybridized carbons (Fsp3) is 0.400. The van der Waals surface area contributed by atoms with E-state index >= 15 is 0 Å². The Morgan fingerprint density at radius 3 is 2.38 bits per heavy atom. The van der Waals surface area contributed by atoms with Gasteiger partial charge in [-0.05, 0) is 57.4 Å². The number of hydrogen-bond donors (Lipinski definition) is 1. The largest absolute Gasteiger partial charge is 0.489 e. The number of nitrogens with zero attached hydrogens (tertiary/aromatic N) is 4. The van der Waals surface area contributed by atoms with Crippen LogP contribution in [0.4, 0.5) is 4.79 Å². The maximum Gasteiger partial charge on any atom is 0.317 e. The topological polar surface area (TPSA) is 72.3 Å². The normalized spacial score (nSPS) is 11.9. The van der Waals surface area contributed by atoms with Crippen molar-refractivity contribution in [3.8, 4) is 5.75 Å². The van der Waals surface area contributed by atoms with Gasteiger partial charge in [-0.2, -0.15) is 0 Å². The van der Waals surface area contributed by atoms with Crippen molar-refractivity contribution in [2.75, 3.05) is 7.05 Å². The molecule has 0 spiro atoms. The van der Waals surface area contributed by atoms with Crippen LogP contribution in [0, 0.1) is 6.92 Å². The van der Waals surface area contributed by atoms with E-state index in [1.165, 1.54) is 5.56 Å². The second kappa shape index (κ2) is 10.8. The molecule has 0 aliphatic rings. The van der Waals surface area contributed by atoms with Gasteiger partial charge in [0.2, 0.25) is 0 Å². The molecule has 7 heteroatoms. The lowest BCUT2D eigenvalue weighted by Crippen LogP contribution is -2.42. The molecule has 2 aromatic carbocycles. The van der Waals surface area contributed by atoms with Crippen LogP contribution in [0.2, 0.25) is 0 Å². The summed E-state index contributed by atoms with van der Waals surface area (Å²) in [5.41, 5.74) is 3.53. The third-order valence-electron chi connectivity index (χ3n) is 5.29. The van der Waals surface area contributed by atoms with E-state index in [1.54, 1.807) is 18.3 Å². The Balaban J connectivity index is 1.46. The van der Waals surface area contributed by atoms with E-state index < -0.39 is 0 Å². The molecular formula is C25H33N5O2. The van der Waals surface area contributed by atoms with Crippen LogP contribution in [0.1, 0.15) is 49.3 Å². The van der Waals surface area contributed by atoms with Crippen LogP contribution in [-0.2, 0) is 19.6 Å². The maximum atomic E-state index is 12.6. The van der Waals surface area contributed by atoms with Gasteiger partial charge in [0.1, 0.15) is 18.7 Å². The van der Waals surface area contributed by atoms with E-state index in [2.05, 4.69) is 60.6 Å². The van der Waals surface area contributed by atoms with E-state index in [0.717, 1.165) is 29.1 Å². The first-order valence-electron chi connectivity index (χ1n) is 11.0. The minimum atomic E-state index is -0.131. The number of rotatable bonds is 9. The van der Waals surface area contributed by atoms with Gasteiger partial charge in [-0.25, -0.2) is 4.79 Å². The van der Waals surface area contributed by atoms with E-state index in [0.29, 0.717) is 13.2 Å².